The van der Waals surface area contributed by atoms with Crippen LogP contribution in [0.1, 0.15) is 168 Å². The molecule has 6 nitrogen and oxygen atoms in total. The van der Waals surface area contributed by atoms with Gasteiger partial charge in [-0.3, -0.25) is 14.4 Å². The van der Waals surface area contributed by atoms with Crippen molar-refractivity contribution in [3.63, 3.8) is 0 Å². The van der Waals surface area contributed by atoms with Crippen LogP contribution in [-0.4, -0.2) is 37.2 Å². The molecule has 0 N–H and O–H groups in total. The first-order valence-electron chi connectivity index (χ1n) is 25.3. The van der Waals surface area contributed by atoms with Crippen LogP contribution >= 0.6 is 0 Å². The van der Waals surface area contributed by atoms with Crippen molar-refractivity contribution in [2.24, 2.45) is 0 Å². The largest absolute Gasteiger partial charge is 0.462 e. The molecule has 66 heavy (non-hydrogen) atoms. The number of hydrogen-bond acceptors (Lipinski definition) is 6. The Bertz CT molecular complexity index is 1600. The Morgan fingerprint density at radius 1 is 0.318 bits per heavy atom. The Morgan fingerprint density at radius 3 is 1.03 bits per heavy atom. The molecular formula is C60H88O6. The Kier molecular flexibility index (Phi) is 48.2. The summed E-state index contributed by atoms with van der Waals surface area (Å²) in [6.45, 7) is 6.12. The van der Waals surface area contributed by atoms with E-state index in [-0.39, 0.29) is 44.0 Å². The molecule has 0 saturated heterocycles. The van der Waals surface area contributed by atoms with Crippen LogP contribution in [-0.2, 0) is 28.6 Å². The van der Waals surface area contributed by atoms with Gasteiger partial charge < -0.3 is 14.2 Å². The second kappa shape index (κ2) is 52.4. The van der Waals surface area contributed by atoms with Gasteiger partial charge >= 0.3 is 17.9 Å². The van der Waals surface area contributed by atoms with E-state index in [0.29, 0.717) is 19.3 Å². The number of ether oxygens (including phenoxy) is 3. The van der Waals surface area contributed by atoms with E-state index in [1.807, 2.05) is 122 Å². The first-order chi connectivity index (χ1) is 32.5. The van der Waals surface area contributed by atoms with Crippen LogP contribution in [0.3, 0.4) is 0 Å². The SMILES string of the molecule is CC\C=C/C=C\C=C/C=C\C=C/CCCCCC(=O)OC(COC(=O)CCCCC\C=C/C=C\C=C\C=C/C=C\C=C/C=C\CC)COC(=O)CCCCCCCCC/C=C\C/C=C\CC. The van der Waals surface area contributed by atoms with Crippen molar-refractivity contribution < 1.29 is 28.6 Å². The second-order valence-corrected chi connectivity index (χ2v) is 15.9. The molecule has 0 saturated carbocycles. The lowest BCUT2D eigenvalue weighted by atomic mass is 10.1. The highest BCUT2D eigenvalue weighted by Gasteiger charge is 2.19. The normalized spacial score (nSPS) is 13.6. The molecule has 0 aliphatic rings. The average molecular weight is 905 g/mol. The molecule has 0 radical (unpaired) electrons. The fourth-order valence-electron chi connectivity index (χ4n) is 6.07. The summed E-state index contributed by atoms with van der Waals surface area (Å²) in [5, 5.41) is 0. The number of esters is 3. The lowest BCUT2D eigenvalue weighted by Gasteiger charge is -2.18. The van der Waals surface area contributed by atoms with E-state index in [2.05, 4.69) is 69.4 Å². The first-order valence-corrected chi connectivity index (χ1v) is 25.3. The highest BCUT2D eigenvalue weighted by atomic mass is 16.6. The highest BCUT2D eigenvalue weighted by molar-refractivity contribution is 5.71. The van der Waals surface area contributed by atoms with Crippen LogP contribution in [0.2, 0.25) is 0 Å². The van der Waals surface area contributed by atoms with Crippen molar-refractivity contribution in [1.29, 1.82) is 0 Å². The second-order valence-electron chi connectivity index (χ2n) is 15.9. The lowest BCUT2D eigenvalue weighted by Crippen LogP contribution is -2.30. The van der Waals surface area contributed by atoms with E-state index in [1.54, 1.807) is 0 Å². The van der Waals surface area contributed by atoms with Crippen LogP contribution in [0, 0.1) is 0 Å². The van der Waals surface area contributed by atoms with Gasteiger partial charge in [-0.05, 0) is 83.5 Å². The minimum Gasteiger partial charge on any atom is -0.462 e. The molecule has 0 fully saturated rings. The summed E-state index contributed by atoms with van der Waals surface area (Å²) < 4.78 is 16.7. The summed E-state index contributed by atoms with van der Waals surface area (Å²) in [5.41, 5.74) is 0. The van der Waals surface area contributed by atoms with Crippen molar-refractivity contribution in [3.8, 4) is 0 Å². The van der Waals surface area contributed by atoms with Gasteiger partial charge in [-0.1, -0.05) is 236 Å². The van der Waals surface area contributed by atoms with Crippen molar-refractivity contribution in [1.82, 2.24) is 0 Å². The standard InChI is InChI=1S/C60H88O6/c1-4-7-10-13-16-19-22-25-28-29-30-31-33-35-38-41-44-47-50-53-59(62)65-56-57(55-64-58(61)52-49-46-43-40-37-34-27-24-21-18-15-12-9-6-3)66-60(63)54-51-48-45-42-39-36-32-26-23-20-17-14-11-8-5-2/h7-14,16-23,25-26,28-33,35-36,38-39,57H,4-6,15,24,27,34,37,40-56H2,1-3H3/b10-7-,11-8-,12-9-,16-13-,17-14-,21-18-,22-19-,23-20-,28-25-,30-29+,32-26-,33-31-,38-35-,39-36-. The van der Waals surface area contributed by atoms with Crippen LogP contribution in [0.4, 0.5) is 0 Å². The van der Waals surface area contributed by atoms with Gasteiger partial charge in [-0.15, -0.1) is 0 Å². The summed E-state index contributed by atoms with van der Waals surface area (Å²) in [5.74, 6) is -1.04. The van der Waals surface area contributed by atoms with Crippen LogP contribution in [0.25, 0.3) is 0 Å². The van der Waals surface area contributed by atoms with Crippen molar-refractivity contribution in [3.05, 3.63) is 170 Å². The number of carbonyl (C=O) groups excluding carboxylic acids is 3. The van der Waals surface area contributed by atoms with Crippen LogP contribution in [0.15, 0.2) is 170 Å². The minimum atomic E-state index is -0.832. The average Bonchev–Trinajstić information content (AvgIpc) is 3.31. The summed E-state index contributed by atoms with van der Waals surface area (Å²) in [6, 6.07) is 0. The molecule has 0 aromatic rings. The smallest absolute Gasteiger partial charge is 0.306 e. The molecule has 1 atom stereocenters. The Balaban J connectivity index is 4.62. The van der Waals surface area contributed by atoms with Gasteiger partial charge in [0.15, 0.2) is 6.10 Å². The summed E-state index contributed by atoms with van der Waals surface area (Å²) >= 11 is 0. The zero-order chi connectivity index (χ0) is 47.9. The first kappa shape index (κ1) is 60.8. The molecule has 0 aliphatic carbocycles. The molecule has 0 aliphatic heterocycles. The number of carbonyl (C=O) groups is 3. The predicted molar refractivity (Wildman–Crippen MR) is 283 cm³/mol. The Labute approximate surface area is 402 Å². The fourth-order valence-corrected chi connectivity index (χ4v) is 6.07. The third kappa shape index (κ3) is 49.8. The van der Waals surface area contributed by atoms with Gasteiger partial charge in [0.05, 0.1) is 0 Å². The number of unbranched alkanes of at least 4 members (excludes halogenated alkanes) is 13. The van der Waals surface area contributed by atoms with E-state index in [0.717, 1.165) is 89.9 Å². The number of hydrogen-bond donors (Lipinski definition) is 0. The van der Waals surface area contributed by atoms with E-state index >= 15 is 0 Å². The van der Waals surface area contributed by atoms with E-state index < -0.39 is 6.10 Å². The summed E-state index contributed by atoms with van der Waals surface area (Å²) in [6.07, 6.45) is 77.5. The van der Waals surface area contributed by atoms with E-state index in [9.17, 15) is 14.4 Å². The molecule has 364 valence electrons. The summed E-state index contributed by atoms with van der Waals surface area (Å²) in [4.78, 5) is 38.0. The zero-order valence-electron chi connectivity index (χ0n) is 41.4. The van der Waals surface area contributed by atoms with Crippen molar-refractivity contribution in [2.45, 2.75) is 175 Å². The van der Waals surface area contributed by atoms with Gasteiger partial charge in [0.25, 0.3) is 0 Å². The molecule has 1 unspecified atom stereocenters. The fraction of sp³-hybridized carbons (Fsp3) is 0.483. The molecule has 0 rings (SSSR count). The van der Waals surface area contributed by atoms with Crippen LogP contribution in [0.5, 0.6) is 0 Å². The molecular weight excluding hydrogens is 817 g/mol. The van der Waals surface area contributed by atoms with Crippen LogP contribution < -0.4 is 0 Å². The lowest BCUT2D eigenvalue weighted by molar-refractivity contribution is -0.167. The van der Waals surface area contributed by atoms with Crippen molar-refractivity contribution in [2.75, 3.05) is 13.2 Å². The van der Waals surface area contributed by atoms with Gasteiger partial charge in [-0.25, -0.2) is 0 Å². The quantitative estimate of drug-likeness (QED) is 0.0200. The molecule has 0 spiro atoms. The summed E-state index contributed by atoms with van der Waals surface area (Å²) in [7, 11) is 0. The molecule has 0 amide bonds. The minimum absolute atomic E-state index is 0.124. The third-order valence-corrected chi connectivity index (χ3v) is 9.77. The number of allylic oxidation sites excluding steroid dienone is 28. The third-order valence-electron chi connectivity index (χ3n) is 9.77. The molecule has 6 heteroatoms. The van der Waals surface area contributed by atoms with Gasteiger partial charge in [0.2, 0.25) is 0 Å². The van der Waals surface area contributed by atoms with E-state index in [1.165, 1.54) is 25.7 Å². The topological polar surface area (TPSA) is 78.9 Å². The molecule has 0 aromatic heterocycles. The maximum atomic E-state index is 12.8. The van der Waals surface area contributed by atoms with E-state index in [4.69, 9.17) is 14.2 Å². The monoisotopic (exact) mass is 905 g/mol. The van der Waals surface area contributed by atoms with Crippen molar-refractivity contribution >= 4 is 17.9 Å². The Hall–Kier alpha value is -5.23. The number of rotatable bonds is 42. The molecule has 0 bridgehead atoms. The maximum Gasteiger partial charge on any atom is 0.306 e. The van der Waals surface area contributed by atoms with Gasteiger partial charge in [0.1, 0.15) is 13.2 Å². The molecule has 0 aromatic carbocycles. The van der Waals surface area contributed by atoms with Gasteiger partial charge in [-0.2, -0.15) is 0 Å². The molecule has 0 heterocycles. The highest BCUT2D eigenvalue weighted by Crippen LogP contribution is 2.12. The predicted octanol–water partition coefficient (Wildman–Crippen LogP) is 16.8. The zero-order valence-corrected chi connectivity index (χ0v) is 41.4. The maximum absolute atomic E-state index is 12.8. The van der Waals surface area contributed by atoms with Gasteiger partial charge in [0, 0.05) is 19.3 Å². The Morgan fingerprint density at radius 2 is 0.621 bits per heavy atom.